The first-order valence-corrected chi connectivity index (χ1v) is 4.31. The minimum absolute atomic E-state index is 0. The molecular formula is C4H10ClZn2. The molecule has 0 nitrogen and oxygen atoms in total. The molecule has 0 aromatic carbocycles. The van der Waals surface area contributed by atoms with E-state index in [1.54, 1.807) is 0 Å². The van der Waals surface area contributed by atoms with Crippen LogP contribution in [0.1, 0.15) is 19.8 Å². The van der Waals surface area contributed by atoms with E-state index in [-0.39, 0.29) is 31.9 Å². The molecule has 0 aromatic heterocycles. The van der Waals surface area contributed by atoms with Gasteiger partial charge in [-0.05, 0) is 0 Å². The van der Waals surface area contributed by atoms with Crippen molar-refractivity contribution >= 4 is 12.4 Å². The topological polar surface area (TPSA) is 0 Å². The predicted octanol–water partition coefficient (Wildman–Crippen LogP) is 2.17. The van der Waals surface area contributed by atoms with Gasteiger partial charge in [-0.25, -0.2) is 0 Å². The van der Waals surface area contributed by atoms with E-state index in [1.165, 1.54) is 36.2 Å². The van der Waals surface area contributed by atoms with Gasteiger partial charge in [-0.2, -0.15) is 0 Å². The van der Waals surface area contributed by atoms with Crippen molar-refractivity contribution in [1.82, 2.24) is 0 Å². The molecule has 0 aliphatic heterocycles. The molecule has 0 unspecified atom stereocenters. The zero-order valence-electron chi connectivity index (χ0n) is 4.94. The van der Waals surface area contributed by atoms with E-state index in [2.05, 4.69) is 6.92 Å². The average Bonchev–Trinajstić information content (AvgIpc) is 1.41. The van der Waals surface area contributed by atoms with Crippen molar-refractivity contribution in [2.75, 3.05) is 0 Å². The Morgan fingerprint density at radius 3 is 1.86 bits per heavy atom. The maximum absolute atomic E-state index is 2.23. The molecule has 0 saturated carbocycles. The zero-order valence-corrected chi connectivity index (χ0v) is 11.7. The minimum Gasteiger partial charge on any atom is -0.147 e. The summed E-state index contributed by atoms with van der Waals surface area (Å²) in [6, 6.07) is 0. The minimum atomic E-state index is 0. The molecule has 0 radical (unpaired) electrons. The van der Waals surface area contributed by atoms with E-state index in [1.807, 2.05) is 0 Å². The van der Waals surface area contributed by atoms with Gasteiger partial charge in [0, 0.05) is 19.5 Å². The van der Waals surface area contributed by atoms with Crippen molar-refractivity contribution in [1.29, 1.82) is 0 Å². The van der Waals surface area contributed by atoms with E-state index in [0.717, 1.165) is 0 Å². The van der Waals surface area contributed by atoms with Crippen LogP contribution in [0.5, 0.6) is 0 Å². The monoisotopic (exact) mass is 221 g/mol. The number of halogens is 1. The fraction of sp³-hybridized carbons (Fsp3) is 1.00. The second-order valence-corrected chi connectivity index (χ2v) is 2.69. The van der Waals surface area contributed by atoms with Crippen molar-refractivity contribution < 1.29 is 37.8 Å². The van der Waals surface area contributed by atoms with Gasteiger partial charge in [-0.15, -0.1) is 12.4 Å². The molecule has 7 heavy (non-hydrogen) atoms. The molecule has 0 spiro atoms. The Hall–Kier alpha value is 1.54. The summed E-state index contributed by atoms with van der Waals surface area (Å²) in [6.07, 6.45) is 2.82. The molecule has 0 amide bonds. The molecule has 3 heteroatoms. The van der Waals surface area contributed by atoms with E-state index in [9.17, 15) is 0 Å². The standard InChI is InChI=1S/C4H9.ClH.2Zn/c1-3-4-2;;;/h1,3-4H2,2H3;1H;;. The Morgan fingerprint density at radius 1 is 1.43 bits per heavy atom. The third-order valence-corrected chi connectivity index (χ3v) is 1.65. The summed E-state index contributed by atoms with van der Waals surface area (Å²) >= 11 is 1.48. The molecule has 0 atom stereocenters. The van der Waals surface area contributed by atoms with Gasteiger partial charge in [0.25, 0.3) is 0 Å². The van der Waals surface area contributed by atoms with Gasteiger partial charge in [-0.3, -0.25) is 0 Å². The molecule has 0 heterocycles. The van der Waals surface area contributed by atoms with Crippen molar-refractivity contribution in [3.05, 3.63) is 0 Å². The molecule has 0 N–H and O–H groups in total. The second-order valence-electron chi connectivity index (χ2n) is 1.21. The molecule has 0 aliphatic rings. The van der Waals surface area contributed by atoms with Crippen molar-refractivity contribution in [2.24, 2.45) is 0 Å². The maximum Gasteiger partial charge on any atom is 0 e. The van der Waals surface area contributed by atoms with Crippen molar-refractivity contribution in [3.63, 3.8) is 0 Å². The Morgan fingerprint density at radius 2 is 1.86 bits per heavy atom. The van der Waals surface area contributed by atoms with Gasteiger partial charge in [-0.1, -0.05) is 0 Å². The Kier molecular flexibility index (Phi) is 35.4. The van der Waals surface area contributed by atoms with Gasteiger partial charge in [0.15, 0.2) is 0 Å². The smallest absolute Gasteiger partial charge is 0 e. The van der Waals surface area contributed by atoms with Crippen LogP contribution < -0.4 is 0 Å². The molecule has 0 saturated heterocycles. The normalized spacial score (nSPS) is 6.14. The average molecular weight is 224 g/mol. The summed E-state index contributed by atoms with van der Waals surface area (Å²) in [5, 5.41) is 1.47. The first-order chi connectivity index (χ1) is 2.41. The Labute approximate surface area is 74.7 Å². The van der Waals surface area contributed by atoms with E-state index in [0.29, 0.717) is 0 Å². The van der Waals surface area contributed by atoms with Gasteiger partial charge >= 0.3 is 43.1 Å². The summed E-state index contributed by atoms with van der Waals surface area (Å²) < 4.78 is 0. The Balaban J connectivity index is -0.0000000800. The van der Waals surface area contributed by atoms with Crippen LogP contribution in [0.2, 0.25) is 5.02 Å². The van der Waals surface area contributed by atoms with Crippen LogP contribution in [0.15, 0.2) is 0 Å². The molecular weight excluding hydrogens is 214 g/mol. The summed E-state index contributed by atoms with van der Waals surface area (Å²) in [5.74, 6) is 0. The van der Waals surface area contributed by atoms with Crippen LogP contribution in [0.3, 0.4) is 0 Å². The maximum atomic E-state index is 2.23. The summed E-state index contributed by atoms with van der Waals surface area (Å²) in [6.45, 7) is 2.23. The quantitative estimate of drug-likeness (QED) is 0.631. The summed E-state index contributed by atoms with van der Waals surface area (Å²) in [5.41, 5.74) is 0. The third kappa shape index (κ3) is 18.5. The molecule has 0 rings (SSSR count). The molecule has 0 fully saturated rings. The predicted molar refractivity (Wildman–Crippen MR) is 27.0 cm³/mol. The van der Waals surface area contributed by atoms with Crippen LogP contribution in [-0.2, 0) is 37.8 Å². The summed E-state index contributed by atoms with van der Waals surface area (Å²) in [7, 11) is 0. The fourth-order valence-corrected chi connectivity index (χ4v) is 1.30. The van der Waals surface area contributed by atoms with Crippen LogP contribution in [-0.4, -0.2) is 0 Å². The van der Waals surface area contributed by atoms with Crippen LogP contribution in [0, 0.1) is 0 Å². The fourth-order valence-electron chi connectivity index (χ4n) is 0.250. The van der Waals surface area contributed by atoms with Gasteiger partial charge in [0.2, 0.25) is 0 Å². The first-order valence-electron chi connectivity index (χ1n) is 2.21. The number of hydrogen-bond acceptors (Lipinski definition) is 0. The van der Waals surface area contributed by atoms with Crippen molar-refractivity contribution in [3.8, 4) is 0 Å². The van der Waals surface area contributed by atoms with E-state index < -0.39 is 0 Å². The van der Waals surface area contributed by atoms with E-state index >= 15 is 0 Å². The van der Waals surface area contributed by atoms with Crippen LogP contribution >= 0.6 is 12.4 Å². The third-order valence-electron chi connectivity index (χ3n) is 0.604. The van der Waals surface area contributed by atoms with Crippen LogP contribution in [0.25, 0.3) is 0 Å². The van der Waals surface area contributed by atoms with Gasteiger partial charge in [0.1, 0.15) is 0 Å². The zero-order chi connectivity index (χ0) is 4.12. The number of unbranched alkanes of at least 4 members (excludes halogenated alkanes) is 1. The van der Waals surface area contributed by atoms with Gasteiger partial charge < -0.3 is 0 Å². The Bertz CT molecular complexity index is 17.2. The largest absolute Gasteiger partial charge is 0.147 e. The molecule has 0 bridgehead atoms. The molecule has 0 aliphatic carbocycles. The SMILES string of the molecule is CCC[CH2][Zn].Cl.[Zn]. The number of rotatable bonds is 2. The first kappa shape index (κ1) is 15.8. The molecule has 37 valence electrons. The van der Waals surface area contributed by atoms with E-state index in [4.69, 9.17) is 0 Å². The van der Waals surface area contributed by atoms with Crippen molar-refractivity contribution in [2.45, 2.75) is 24.8 Å². The molecule has 0 aromatic rings. The summed E-state index contributed by atoms with van der Waals surface area (Å²) in [4.78, 5) is 0. The number of hydrogen-bond donors (Lipinski definition) is 0. The second kappa shape index (κ2) is 15.6. The van der Waals surface area contributed by atoms with Gasteiger partial charge in [0.05, 0.1) is 0 Å². The van der Waals surface area contributed by atoms with Crippen LogP contribution in [0.4, 0.5) is 0 Å².